The van der Waals surface area contributed by atoms with E-state index in [1.165, 1.54) is 4.31 Å². The van der Waals surface area contributed by atoms with Crippen molar-refractivity contribution in [3.8, 4) is 0 Å². The molecular formula is C14H20F2N2O2S. The van der Waals surface area contributed by atoms with Crippen molar-refractivity contribution < 1.29 is 17.2 Å². The second-order valence-corrected chi connectivity index (χ2v) is 7.60. The maximum atomic E-state index is 14.2. The van der Waals surface area contributed by atoms with E-state index in [9.17, 15) is 17.2 Å². The monoisotopic (exact) mass is 318 g/mol. The van der Waals surface area contributed by atoms with Crippen LogP contribution < -0.4 is 5.73 Å². The first kappa shape index (κ1) is 16.3. The Morgan fingerprint density at radius 2 is 2.05 bits per heavy atom. The van der Waals surface area contributed by atoms with E-state index < -0.39 is 32.1 Å². The van der Waals surface area contributed by atoms with Crippen molar-refractivity contribution in [2.45, 2.75) is 31.7 Å². The minimum atomic E-state index is -3.95. The van der Waals surface area contributed by atoms with E-state index in [-0.39, 0.29) is 12.5 Å². The van der Waals surface area contributed by atoms with Gasteiger partial charge in [0, 0.05) is 25.2 Å². The summed E-state index contributed by atoms with van der Waals surface area (Å²) in [5.41, 5.74) is 4.90. The summed E-state index contributed by atoms with van der Waals surface area (Å²) in [5, 5.41) is 0. The van der Waals surface area contributed by atoms with E-state index in [0.717, 1.165) is 18.6 Å². The van der Waals surface area contributed by atoms with Gasteiger partial charge in [-0.05, 0) is 30.4 Å². The fourth-order valence-corrected chi connectivity index (χ4v) is 4.22. The molecule has 118 valence electrons. The number of benzene rings is 1. The standard InChI is InChI=1S/C14H20F2N2O2S/c1-9(2)10-5-6-18(8-10)21(19,20)13-4-3-12(15)11(7-17)14(13)16/h3-4,9-10H,5-8,17H2,1-2H3. The fraction of sp³-hybridized carbons (Fsp3) is 0.571. The molecule has 0 radical (unpaired) electrons. The van der Waals surface area contributed by atoms with Crippen molar-refractivity contribution >= 4 is 10.0 Å². The summed E-state index contributed by atoms with van der Waals surface area (Å²) in [6.45, 7) is 4.42. The molecule has 1 unspecified atom stereocenters. The molecule has 1 aromatic rings. The van der Waals surface area contributed by atoms with E-state index in [2.05, 4.69) is 0 Å². The van der Waals surface area contributed by atoms with Crippen LogP contribution in [-0.4, -0.2) is 25.8 Å². The Balaban J connectivity index is 2.38. The number of rotatable bonds is 4. The molecule has 0 amide bonds. The molecule has 0 aromatic heterocycles. The van der Waals surface area contributed by atoms with Crippen LogP contribution in [0.3, 0.4) is 0 Å². The second kappa shape index (κ2) is 5.98. The van der Waals surface area contributed by atoms with Crippen molar-refractivity contribution in [1.82, 2.24) is 4.31 Å². The van der Waals surface area contributed by atoms with Crippen LogP contribution in [0.15, 0.2) is 17.0 Å². The molecule has 0 aliphatic carbocycles. The Bertz CT molecular complexity index is 632. The van der Waals surface area contributed by atoms with Crippen LogP contribution in [0.1, 0.15) is 25.8 Å². The normalized spacial score (nSPS) is 20.4. The van der Waals surface area contributed by atoms with Crippen molar-refractivity contribution in [2.75, 3.05) is 13.1 Å². The van der Waals surface area contributed by atoms with Crippen LogP contribution in [0.5, 0.6) is 0 Å². The minimum Gasteiger partial charge on any atom is -0.326 e. The first-order valence-electron chi connectivity index (χ1n) is 6.96. The number of nitrogens with zero attached hydrogens (tertiary/aromatic N) is 1. The Morgan fingerprint density at radius 1 is 1.38 bits per heavy atom. The number of hydrogen-bond acceptors (Lipinski definition) is 3. The van der Waals surface area contributed by atoms with Gasteiger partial charge in [-0.15, -0.1) is 0 Å². The lowest BCUT2D eigenvalue weighted by Crippen LogP contribution is -2.30. The first-order chi connectivity index (χ1) is 9.78. The highest BCUT2D eigenvalue weighted by Crippen LogP contribution is 2.30. The molecule has 1 atom stereocenters. The highest BCUT2D eigenvalue weighted by atomic mass is 32.2. The summed E-state index contributed by atoms with van der Waals surface area (Å²) < 4.78 is 54.0. The smallest absolute Gasteiger partial charge is 0.246 e. The van der Waals surface area contributed by atoms with Crippen LogP contribution in [0.25, 0.3) is 0 Å². The summed E-state index contributed by atoms with van der Waals surface area (Å²) in [5.74, 6) is -1.28. The number of hydrogen-bond donors (Lipinski definition) is 1. The highest BCUT2D eigenvalue weighted by molar-refractivity contribution is 7.89. The van der Waals surface area contributed by atoms with Crippen molar-refractivity contribution in [3.63, 3.8) is 0 Å². The third-order valence-electron chi connectivity index (χ3n) is 4.10. The van der Waals surface area contributed by atoms with E-state index in [4.69, 9.17) is 5.73 Å². The SMILES string of the molecule is CC(C)C1CCN(S(=O)(=O)c2ccc(F)c(CN)c2F)C1. The molecule has 1 saturated heterocycles. The molecule has 0 spiro atoms. The largest absolute Gasteiger partial charge is 0.326 e. The predicted molar refractivity (Wildman–Crippen MR) is 76.0 cm³/mol. The summed E-state index contributed by atoms with van der Waals surface area (Å²) in [4.78, 5) is -0.492. The van der Waals surface area contributed by atoms with E-state index in [1.54, 1.807) is 0 Å². The molecule has 2 N–H and O–H groups in total. The van der Waals surface area contributed by atoms with Gasteiger partial charge in [-0.3, -0.25) is 0 Å². The molecule has 1 aliphatic heterocycles. The number of halogens is 2. The van der Waals surface area contributed by atoms with Gasteiger partial charge >= 0.3 is 0 Å². The molecular weight excluding hydrogens is 298 g/mol. The van der Waals surface area contributed by atoms with Crippen LogP contribution in [0, 0.1) is 23.5 Å². The number of nitrogens with two attached hydrogens (primary N) is 1. The Labute approximate surface area is 124 Å². The Hall–Kier alpha value is -1.05. The fourth-order valence-electron chi connectivity index (χ4n) is 2.62. The third kappa shape index (κ3) is 2.95. The topological polar surface area (TPSA) is 63.4 Å². The molecule has 0 saturated carbocycles. The summed E-state index contributed by atoms with van der Waals surface area (Å²) in [6.07, 6.45) is 0.753. The lowest BCUT2D eigenvalue weighted by Gasteiger charge is -2.19. The van der Waals surface area contributed by atoms with Gasteiger partial charge in [0.15, 0.2) is 5.82 Å². The lowest BCUT2D eigenvalue weighted by molar-refractivity contribution is 0.387. The van der Waals surface area contributed by atoms with Crippen molar-refractivity contribution in [2.24, 2.45) is 17.6 Å². The predicted octanol–water partition coefficient (Wildman–Crippen LogP) is 2.09. The molecule has 0 bridgehead atoms. The molecule has 1 aliphatic rings. The molecule has 2 rings (SSSR count). The van der Waals surface area contributed by atoms with Gasteiger partial charge in [-0.1, -0.05) is 13.8 Å². The zero-order valence-corrected chi connectivity index (χ0v) is 13.0. The van der Waals surface area contributed by atoms with E-state index in [1.807, 2.05) is 13.8 Å². The second-order valence-electron chi connectivity index (χ2n) is 5.70. The van der Waals surface area contributed by atoms with Gasteiger partial charge in [0.2, 0.25) is 10.0 Å². The van der Waals surface area contributed by atoms with Crippen LogP contribution in [-0.2, 0) is 16.6 Å². The maximum absolute atomic E-state index is 14.2. The Kier molecular flexibility index (Phi) is 4.65. The van der Waals surface area contributed by atoms with Crippen LogP contribution in [0.2, 0.25) is 0 Å². The van der Waals surface area contributed by atoms with Crippen molar-refractivity contribution in [1.29, 1.82) is 0 Å². The number of sulfonamides is 1. The quantitative estimate of drug-likeness (QED) is 0.924. The maximum Gasteiger partial charge on any atom is 0.246 e. The van der Waals surface area contributed by atoms with Crippen molar-refractivity contribution in [3.05, 3.63) is 29.3 Å². The Morgan fingerprint density at radius 3 is 2.57 bits per heavy atom. The summed E-state index contributed by atoms with van der Waals surface area (Å²) in [6, 6.07) is 1.93. The summed E-state index contributed by atoms with van der Waals surface area (Å²) >= 11 is 0. The van der Waals surface area contributed by atoms with E-state index >= 15 is 0 Å². The highest BCUT2D eigenvalue weighted by Gasteiger charge is 2.35. The zero-order chi connectivity index (χ0) is 15.8. The van der Waals surface area contributed by atoms with Crippen LogP contribution in [0.4, 0.5) is 8.78 Å². The molecule has 1 heterocycles. The molecule has 7 heteroatoms. The van der Waals surface area contributed by atoms with Crippen LogP contribution >= 0.6 is 0 Å². The average Bonchev–Trinajstić information content (AvgIpc) is 2.89. The molecule has 1 aromatic carbocycles. The zero-order valence-electron chi connectivity index (χ0n) is 12.1. The van der Waals surface area contributed by atoms with Gasteiger partial charge in [-0.25, -0.2) is 17.2 Å². The lowest BCUT2D eigenvalue weighted by atomic mass is 9.96. The van der Waals surface area contributed by atoms with Gasteiger partial charge in [0.05, 0.1) is 0 Å². The van der Waals surface area contributed by atoms with Gasteiger partial charge in [0.1, 0.15) is 10.7 Å². The van der Waals surface area contributed by atoms with Gasteiger partial charge in [0.25, 0.3) is 0 Å². The average molecular weight is 318 g/mol. The molecule has 1 fully saturated rings. The third-order valence-corrected chi connectivity index (χ3v) is 5.99. The van der Waals surface area contributed by atoms with Gasteiger partial charge < -0.3 is 5.73 Å². The molecule has 4 nitrogen and oxygen atoms in total. The first-order valence-corrected chi connectivity index (χ1v) is 8.40. The minimum absolute atomic E-state index is 0.261. The molecule has 21 heavy (non-hydrogen) atoms. The van der Waals surface area contributed by atoms with E-state index in [0.29, 0.717) is 19.0 Å². The summed E-state index contributed by atoms with van der Waals surface area (Å²) in [7, 11) is -3.95. The van der Waals surface area contributed by atoms with Gasteiger partial charge in [-0.2, -0.15) is 4.31 Å².